The first-order valence-electron chi connectivity index (χ1n) is 7.20. The van der Waals surface area contributed by atoms with E-state index in [2.05, 4.69) is 31.3 Å². The van der Waals surface area contributed by atoms with Gasteiger partial charge in [-0.2, -0.15) is 0 Å². The number of benzene rings is 2. The molecular formula is C18H20ClNO. The Balaban J connectivity index is 2.07. The summed E-state index contributed by atoms with van der Waals surface area (Å²) in [6.45, 7) is 4.14. The summed E-state index contributed by atoms with van der Waals surface area (Å²) in [6, 6.07) is 15.7. The van der Waals surface area contributed by atoms with Crippen molar-refractivity contribution in [3.8, 4) is 0 Å². The van der Waals surface area contributed by atoms with Gasteiger partial charge in [0.25, 0.3) is 0 Å². The van der Waals surface area contributed by atoms with Crippen molar-refractivity contribution in [3.05, 3.63) is 70.2 Å². The summed E-state index contributed by atoms with van der Waals surface area (Å²) in [5, 5.41) is 3.74. The van der Waals surface area contributed by atoms with Crippen LogP contribution in [0.1, 0.15) is 36.1 Å². The van der Waals surface area contributed by atoms with Gasteiger partial charge in [0.15, 0.2) is 0 Å². The van der Waals surface area contributed by atoms with Gasteiger partial charge in [0.1, 0.15) is 0 Å². The molecule has 2 rings (SSSR count). The number of carbonyl (C=O) groups is 1. The zero-order valence-corrected chi connectivity index (χ0v) is 13.2. The monoisotopic (exact) mass is 301 g/mol. The van der Waals surface area contributed by atoms with E-state index >= 15 is 0 Å². The van der Waals surface area contributed by atoms with Gasteiger partial charge in [0, 0.05) is 5.02 Å². The second-order valence-corrected chi connectivity index (χ2v) is 5.56. The van der Waals surface area contributed by atoms with Crippen LogP contribution in [0.25, 0.3) is 0 Å². The SMILES string of the molecule is CC[C@H](NC(=O)Cc1ccccc1Cl)c1ccccc1C. The molecule has 21 heavy (non-hydrogen) atoms. The van der Waals surface area contributed by atoms with E-state index in [1.807, 2.05) is 36.4 Å². The number of rotatable bonds is 5. The van der Waals surface area contributed by atoms with Crippen molar-refractivity contribution in [2.45, 2.75) is 32.7 Å². The summed E-state index contributed by atoms with van der Waals surface area (Å²) in [5.74, 6) is -0.00166. The van der Waals surface area contributed by atoms with Crippen LogP contribution in [0, 0.1) is 6.92 Å². The van der Waals surface area contributed by atoms with Gasteiger partial charge in [-0.1, -0.05) is 61.0 Å². The summed E-state index contributed by atoms with van der Waals surface area (Å²) >= 11 is 6.10. The Labute approximate surface area is 131 Å². The van der Waals surface area contributed by atoms with Crippen LogP contribution in [-0.2, 0) is 11.2 Å². The summed E-state index contributed by atoms with van der Waals surface area (Å²) in [7, 11) is 0. The first-order chi connectivity index (χ1) is 10.1. The molecule has 3 heteroatoms. The lowest BCUT2D eigenvalue weighted by Gasteiger charge is -2.19. The molecule has 0 radical (unpaired) electrons. The zero-order valence-electron chi connectivity index (χ0n) is 12.4. The summed E-state index contributed by atoms with van der Waals surface area (Å²) in [4.78, 5) is 12.2. The molecule has 1 atom stereocenters. The minimum absolute atomic E-state index is 0.00166. The third-order valence-electron chi connectivity index (χ3n) is 3.62. The highest BCUT2D eigenvalue weighted by Gasteiger charge is 2.15. The van der Waals surface area contributed by atoms with E-state index in [-0.39, 0.29) is 11.9 Å². The molecule has 0 heterocycles. The zero-order chi connectivity index (χ0) is 15.2. The molecule has 1 amide bonds. The highest BCUT2D eigenvalue weighted by molar-refractivity contribution is 6.31. The Morgan fingerprint density at radius 1 is 1.14 bits per heavy atom. The van der Waals surface area contributed by atoms with E-state index in [0.29, 0.717) is 11.4 Å². The second-order valence-electron chi connectivity index (χ2n) is 5.15. The molecule has 0 spiro atoms. The van der Waals surface area contributed by atoms with Crippen molar-refractivity contribution in [3.63, 3.8) is 0 Å². The van der Waals surface area contributed by atoms with E-state index in [1.54, 1.807) is 0 Å². The lowest BCUT2D eigenvalue weighted by Crippen LogP contribution is -2.30. The summed E-state index contributed by atoms with van der Waals surface area (Å²) < 4.78 is 0. The third kappa shape index (κ3) is 4.08. The van der Waals surface area contributed by atoms with E-state index in [0.717, 1.165) is 12.0 Å². The second kappa shape index (κ2) is 7.28. The quantitative estimate of drug-likeness (QED) is 0.868. The van der Waals surface area contributed by atoms with Crippen molar-refractivity contribution in [2.75, 3.05) is 0 Å². The molecule has 1 N–H and O–H groups in total. The fourth-order valence-electron chi connectivity index (χ4n) is 2.44. The molecule has 0 saturated carbocycles. The van der Waals surface area contributed by atoms with Crippen molar-refractivity contribution in [1.29, 1.82) is 0 Å². The van der Waals surface area contributed by atoms with Gasteiger partial charge in [0.2, 0.25) is 5.91 Å². The largest absolute Gasteiger partial charge is 0.349 e. The van der Waals surface area contributed by atoms with E-state index in [1.165, 1.54) is 11.1 Å². The normalized spacial score (nSPS) is 12.0. The van der Waals surface area contributed by atoms with Gasteiger partial charge in [-0.25, -0.2) is 0 Å². The number of aryl methyl sites for hydroxylation is 1. The maximum atomic E-state index is 12.2. The Morgan fingerprint density at radius 3 is 2.48 bits per heavy atom. The fourth-order valence-corrected chi connectivity index (χ4v) is 2.64. The molecule has 2 aromatic carbocycles. The smallest absolute Gasteiger partial charge is 0.224 e. The average molecular weight is 302 g/mol. The third-order valence-corrected chi connectivity index (χ3v) is 3.98. The Kier molecular flexibility index (Phi) is 5.40. The van der Waals surface area contributed by atoms with Gasteiger partial charge < -0.3 is 5.32 Å². The Hall–Kier alpha value is -1.80. The molecule has 0 aromatic heterocycles. The standard InChI is InChI=1S/C18H20ClNO/c1-3-17(15-10-6-4-8-13(15)2)20-18(21)12-14-9-5-7-11-16(14)19/h4-11,17H,3,12H2,1-2H3,(H,20,21)/t17-/m0/s1. The minimum atomic E-state index is -0.00166. The molecule has 2 nitrogen and oxygen atoms in total. The highest BCUT2D eigenvalue weighted by atomic mass is 35.5. The van der Waals surface area contributed by atoms with Crippen LogP contribution in [0.4, 0.5) is 0 Å². The van der Waals surface area contributed by atoms with Crippen LogP contribution in [0.2, 0.25) is 5.02 Å². The molecule has 0 unspecified atom stereocenters. The van der Waals surface area contributed by atoms with Crippen LogP contribution in [0.3, 0.4) is 0 Å². The first-order valence-corrected chi connectivity index (χ1v) is 7.58. The van der Waals surface area contributed by atoms with Gasteiger partial charge >= 0.3 is 0 Å². The fraction of sp³-hybridized carbons (Fsp3) is 0.278. The van der Waals surface area contributed by atoms with Gasteiger partial charge in [-0.15, -0.1) is 0 Å². The summed E-state index contributed by atoms with van der Waals surface area (Å²) in [6.07, 6.45) is 1.17. The maximum Gasteiger partial charge on any atom is 0.224 e. The predicted molar refractivity (Wildman–Crippen MR) is 87.5 cm³/mol. The highest BCUT2D eigenvalue weighted by Crippen LogP contribution is 2.21. The molecule has 0 bridgehead atoms. The lowest BCUT2D eigenvalue weighted by molar-refractivity contribution is -0.121. The van der Waals surface area contributed by atoms with Crippen LogP contribution in [0.15, 0.2) is 48.5 Å². The van der Waals surface area contributed by atoms with Crippen molar-refractivity contribution >= 4 is 17.5 Å². The molecule has 110 valence electrons. The van der Waals surface area contributed by atoms with E-state index in [4.69, 9.17) is 11.6 Å². The van der Waals surface area contributed by atoms with Crippen LogP contribution in [-0.4, -0.2) is 5.91 Å². The minimum Gasteiger partial charge on any atom is -0.349 e. The van der Waals surface area contributed by atoms with E-state index < -0.39 is 0 Å². The van der Waals surface area contributed by atoms with Gasteiger partial charge in [-0.3, -0.25) is 4.79 Å². The number of amides is 1. The van der Waals surface area contributed by atoms with Gasteiger partial charge in [-0.05, 0) is 36.1 Å². The average Bonchev–Trinajstić information content (AvgIpc) is 2.48. The molecule has 0 saturated heterocycles. The number of hydrogen-bond donors (Lipinski definition) is 1. The molecule has 0 aliphatic heterocycles. The summed E-state index contributed by atoms with van der Waals surface area (Å²) in [5.41, 5.74) is 3.23. The molecule has 0 fully saturated rings. The topological polar surface area (TPSA) is 29.1 Å². The molecule has 2 aromatic rings. The first kappa shape index (κ1) is 15.6. The van der Waals surface area contributed by atoms with Crippen LogP contribution < -0.4 is 5.32 Å². The number of hydrogen-bond acceptors (Lipinski definition) is 1. The number of halogens is 1. The van der Waals surface area contributed by atoms with Crippen LogP contribution >= 0.6 is 11.6 Å². The maximum absolute atomic E-state index is 12.2. The predicted octanol–water partition coefficient (Wildman–Crippen LogP) is 4.46. The van der Waals surface area contributed by atoms with Gasteiger partial charge in [0.05, 0.1) is 12.5 Å². The number of carbonyl (C=O) groups excluding carboxylic acids is 1. The number of nitrogens with one attached hydrogen (secondary N) is 1. The van der Waals surface area contributed by atoms with Crippen molar-refractivity contribution in [2.24, 2.45) is 0 Å². The van der Waals surface area contributed by atoms with E-state index in [9.17, 15) is 4.79 Å². The molecule has 0 aliphatic carbocycles. The Bertz CT molecular complexity index is 624. The molecule has 0 aliphatic rings. The van der Waals surface area contributed by atoms with Crippen LogP contribution in [0.5, 0.6) is 0 Å². The van der Waals surface area contributed by atoms with Crippen molar-refractivity contribution in [1.82, 2.24) is 5.32 Å². The Morgan fingerprint density at radius 2 is 1.81 bits per heavy atom. The lowest BCUT2D eigenvalue weighted by atomic mass is 9.99. The molecular weight excluding hydrogens is 282 g/mol. The van der Waals surface area contributed by atoms with Crippen molar-refractivity contribution < 1.29 is 4.79 Å².